The number of hydrogen-bond acceptors (Lipinski definition) is 4. The van der Waals surface area contributed by atoms with E-state index in [1.165, 1.54) is 18.3 Å². The van der Waals surface area contributed by atoms with Crippen LogP contribution in [0.15, 0.2) is 53.6 Å². The average Bonchev–Trinajstić information content (AvgIpc) is 2.47. The number of nitrogens with zero attached hydrogens (tertiary/aromatic N) is 1. The maximum Gasteiger partial charge on any atom is 0.241 e. The molecule has 0 aliphatic carbocycles. The van der Waals surface area contributed by atoms with E-state index in [0.29, 0.717) is 6.42 Å². The van der Waals surface area contributed by atoms with E-state index in [1.807, 2.05) is 30.3 Å². The minimum Gasteiger partial charge on any atom is -0.395 e. The van der Waals surface area contributed by atoms with Crippen LogP contribution in [0.25, 0.3) is 0 Å². The predicted octanol–water partition coefficient (Wildman–Crippen LogP) is 1.62. The predicted molar refractivity (Wildman–Crippen MR) is 80.6 cm³/mol. The largest absolute Gasteiger partial charge is 0.395 e. The van der Waals surface area contributed by atoms with Crippen LogP contribution < -0.4 is 4.72 Å². The van der Waals surface area contributed by atoms with Crippen LogP contribution in [0.4, 0.5) is 0 Å². The number of sulfonamides is 1. The van der Waals surface area contributed by atoms with Gasteiger partial charge in [-0.05, 0) is 24.1 Å². The molecular formula is C14H15ClN2O3S. The van der Waals surface area contributed by atoms with Crippen LogP contribution in [0.3, 0.4) is 0 Å². The van der Waals surface area contributed by atoms with E-state index in [-0.39, 0.29) is 16.7 Å². The normalized spacial score (nSPS) is 13.0. The molecule has 0 aliphatic rings. The lowest BCUT2D eigenvalue weighted by Crippen LogP contribution is -2.39. The number of nitrogens with one attached hydrogen (secondary N) is 1. The Balaban J connectivity index is 2.14. The Labute approximate surface area is 128 Å². The maximum absolute atomic E-state index is 12.2. The number of hydrogen-bond donors (Lipinski definition) is 2. The molecule has 1 heterocycles. The van der Waals surface area contributed by atoms with Crippen LogP contribution in [-0.2, 0) is 16.4 Å². The molecule has 0 fully saturated rings. The Bertz CT molecular complexity index is 692. The minimum absolute atomic E-state index is 0.0222. The zero-order valence-corrected chi connectivity index (χ0v) is 12.7. The van der Waals surface area contributed by atoms with Gasteiger partial charge in [0, 0.05) is 12.2 Å². The summed E-state index contributed by atoms with van der Waals surface area (Å²) < 4.78 is 26.9. The van der Waals surface area contributed by atoms with Crippen LogP contribution in [-0.4, -0.2) is 31.2 Å². The second-order valence-corrected chi connectivity index (χ2v) is 6.61. The lowest BCUT2D eigenvalue weighted by Gasteiger charge is -2.16. The summed E-state index contributed by atoms with van der Waals surface area (Å²) in [6.07, 6.45) is 1.72. The number of benzene rings is 1. The first-order valence-corrected chi connectivity index (χ1v) is 8.16. The molecule has 1 aromatic carbocycles. The molecule has 1 aromatic heterocycles. The lowest BCUT2D eigenvalue weighted by atomic mass is 10.1. The van der Waals surface area contributed by atoms with Crippen molar-refractivity contribution in [2.45, 2.75) is 17.4 Å². The second-order valence-electron chi connectivity index (χ2n) is 4.50. The van der Waals surface area contributed by atoms with Crippen molar-refractivity contribution in [2.75, 3.05) is 6.61 Å². The third-order valence-corrected chi connectivity index (χ3v) is 4.60. The summed E-state index contributed by atoms with van der Waals surface area (Å²) in [5.41, 5.74) is 0.937. The number of rotatable bonds is 6. The number of aliphatic hydroxyl groups is 1. The Morgan fingerprint density at radius 1 is 1.24 bits per heavy atom. The fourth-order valence-corrected chi connectivity index (χ4v) is 3.36. The summed E-state index contributed by atoms with van der Waals surface area (Å²) in [4.78, 5) is 3.77. The van der Waals surface area contributed by atoms with Gasteiger partial charge in [0.05, 0.1) is 11.5 Å². The molecule has 21 heavy (non-hydrogen) atoms. The number of aromatic nitrogens is 1. The van der Waals surface area contributed by atoms with Crippen LogP contribution in [0, 0.1) is 0 Å². The summed E-state index contributed by atoms with van der Waals surface area (Å²) in [7, 11) is -3.75. The Morgan fingerprint density at radius 2 is 1.95 bits per heavy atom. The smallest absolute Gasteiger partial charge is 0.241 e. The summed E-state index contributed by atoms with van der Waals surface area (Å²) in [6, 6.07) is 11.4. The van der Waals surface area contributed by atoms with Gasteiger partial charge in [0.1, 0.15) is 5.15 Å². The van der Waals surface area contributed by atoms with Gasteiger partial charge in [-0.3, -0.25) is 0 Å². The molecule has 0 aliphatic heterocycles. The first-order chi connectivity index (χ1) is 10.0. The van der Waals surface area contributed by atoms with E-state index in [9.17, 15) is 13.5 Å². The van der Waals surface area contributed by atoms with Crippen molar-refractivity contribution >= 4 is 21.6 Å². The molecule has 0 saturated carbocycles. The number of aliphatic hydroxyl groups excluding tert-OH is 1. The zero-order chi connectivity index (χ0) is 15.3. The third kappa shape index (κ3) is 4.50. The highest BCUT2D eigenvalue weighted by Gasteiger charge is 2.20. The topological polar surface area (TPSA) is 79.3 Å². The third-order valence-electron chi connectivity index (χ3n) is 2.88. The summed E-state index contributed by atoms with van der Waals surface area (Å²) in [5.74, 6) is 0. The molecule has 2 aromatic rings. The average molecular weight is 327 g/mol. The SMILES string of the molecule is O=S(=O)(N[C@@H](CO)Cc1ccccc1)c1ccnc(Cl)c1. The molecule has 0 saturated heterocycles. The molecule has 0 spiro atoms. The lowest BCUT2D eigenvalue weighted by molar-refractivity contribution is 0.256. The summed E-state index contributed by atoms with van der Waals surface area (Å²) in [6.45, 7) is -0.299. The van der Waals surface area contributed by atoms with Gasteiger partial charge in [0.2, 0.25) is 10.0 Å². The molecule has 0 radical (unpaired) electrons. The highest BCUT2D eigenvalue weighted by molar-refractivity contribution is 7.89. The van der Waals surface area contributed by atoms with Gasteiger partial charge in [-0.1, -0.05) is 41.9 Å². The fraction of sp³-hybridized carbons (Fsp3) is 0.214. The van der Waals surface area contributed by atoms with Crippen molar-refractivity contribution in [1.29, 1.82) is 0 Å². The molecule has 112 valence electrons. The monoisotopic (exact) mass is 326 g/mol. The molecule has 2 N–H and O–H groups in total. The molecule has 0 bridgehead atoms. The quantitative estimate of drug-likeness (QED) is 0.791. The molecular weight excluding hydrogens is 312 g/mol. The van der Waals surface area contributed by atoms with E-state index >= 15 is 0 Å². The molecule has 5 nitrogen and oxygen atoms in total. The Morgan fingerprint density at radius 3 is 2.57 bits per heavy atom. The van der Waals surface area contributed by atoms with Crippen LogP contribution >= 0.6 is 11.6 Å². The molecule has 0 amide bonds. The van der Waals surface area contributed by atoms with Gasteiger partial charge >= 0.3 is 0 Å². The molecule has 2 rings (SSSR count). The van der Waals surface area contributed by atoms with Gasteiger partial charge in [0.15, 0.2) is 0 Å². The number of pyridine rings is 1. The standard InChI is InChI=1S/C14H15ClN2O3S/c15-14-9-13(6-7-16-14)21(19,20)17-12(10-18)8-11-4-2-1-3-5-11/h1-7,9,12,17-18H,8,10H2/t12-/m1/s1. The maximum atomic E-state index is 12.2. The molecule has 0 unspecified atom stereocenters. The van der Waals surface area contributed by atoms with Crippen molar-refractivity contribution in [3.05, 3.63) is 59.4 Å². The number of halogens is 1. The first kappa shape index (κ1) is 15.9. The highest BCUT2D eigenvalue weighted by atomic mass is 35.5. The fourth-order valence-electron chi connectivity index (χ4n) is 1.88. The van der Waals surface area contributed by atoms with Gasteiger partial charge in [-0.25, -0.2) is 18.1 Å². The minimum atomic E-state index is -3.75. The van der Waals surface area contributed by atoms with Gasteiger partial charge in [-0.2, -0.15) is 0 Å². The van der Waals surface area contributed by atoms with Crippen molar-refractivity contribution in [2.24, 2.45) is 0 Å². The van der Waals surface area contributed by atoms with Gasteiger partial charge < -0.3 is 5.11 Å². The van der Waals surface area contributed by atoms with Crippen LogP contribution in [0.1, 0.15) is 5.56 Å². The first-order valence-electron chi connectivity index (χ1n) is 6.30. The highest BCUT2D eigenvalue weighted by Crippen LogP contribution is 2.14. The van der Waals surface area contributed by atoms with Crippen molar-refractivity contribution in [1.82, 2.24) is 9.71 Å². The van der Waals surface area contributed by atoms with Gasteiger partial charge in [0.25, 0.3) is 0 Å². The van der Waals surface area contributed by atoms with E-state index < -0.39 is 16.1 Å². The van der Waals surface area contributed by atoms with Crippen molar-refractivity contribution < 1.29 is 13.5 Å². The Hall–Kier alpha value is -1.47. The van der Waals surface area contributed by atoms with Crippen LogP contribution in [0.5, 0.6) is 0 Å². The van der Waals surface area contributed by atoms with Gasteiger partial charge in [-0.15, -0.1) is 0 Å². The van der Waals surface area contributed by atoms with E-state index in [2.05, 4.69) is 9.71 Å². The summed E-state index contributed by atoms with van der Waals surface area (Å²) >= 11 is 5.70. The Kier molecular flexibility index (Phi) is 5.30. The van der Waals surface area contributed by atoms with Crippen molar-refractivity contribution in [3.8, 4) is 0 Å². The van der Waals surface area contributed by atoms with Crippen molar-refractivity contribution in [3.63, 3.8) is 0 Å². The zero-order valence-electron chi connectivity index (χ0n) is 11.1. The van der Waals surface area contributed by atoms with E-state index in [0.717, 1.165) is 5.56 Å². The molecule has 1 atom stereocenters. The second kappa shape index (κ2) is 7.00. The van der Waals surface area contributed by atoms with Crippen LogP contribution in [0.2, 0.25) is 5.15 Å². The summed E-state index contributed by atoms with van der Waals surface area (Å²) in [5, 5.41) is 9.49. The van der Waals surface area contributed by atoms with E-state index in [4.69, 9.17) is 11.6 Å². The molecule has 7 heteroatoms. The van der Waals surface area contributed by atoms with E-state index in [1.54, 1.807) is 0 Å².